The number of Topliss-reactive ketones (excluding diaryl/α,β-unsaturated/α-hetero) is 1. The first-order valence-electron chi connectivity index (χ1n) is 5.45. The smallest absolute Gasteiger partial charge is 0.173 e. The van der Waals surface area contributed by atoms with E-state index in [1.54, 1.807) is 30.2 Å². The van der Waals surface area contributed by atoms with Crippen LogP contribution < -0.4 is 0 Å². The third-order valence-electron chi connectivity index (χ3n) is 2.15. The van der Waals surface area contributed by atoms with Gasteiger partial charge >= 0.3 is 0 Å². The lowest BCUT2D eigenvalue weighted by atomic mass is 9.87. The fourth-order valence-electron chi connectivity index (χ4n) is 1.43. The molecule has 4 heteroatoms. The van der Waals surface area contributed by atoms with Gasteiger partial charge in [0.1, 0.15) is 6.07 Å². The van der Waals surface area contributed by atoms with Crippen LogP contribution in [0.15, 0.2) is 18.0 Å². The van der Waals surface area contributed by atoms with Crippen LogP contribution in [0.4, 0.5) is 0 Å². The highest BCUT2D eigenvalue weighted by Crippen LogP contribution is 2.21. The summed E-state index contributed by atoms with van der Waals surface area (Å²) in [4.78, 5) is 11.9. The Kier molecular flexibility index (Phi) is 3.84. The number of ketones is 1. The zero-order chi connectivity index (χ0) is 13.1. The maximum absolute atomic E-state index is 11.9. The van der Waals surface area contributed by atoms with Crippen molar-refractivity contribution in [2.24, 2.45) is 12.5 Å². The van der Waals surface area contributed by atoms with Gasteiger partial charge in [0.15, 0.2) is 5.78 Å². The lowest BCUT2D eigenvalue weighted by Crippen LogP contribution is -2.13. The van der Waals surface area contributed by atoms with E-state index in [4.69, 9.17) is 5.26 Å². The number of carbonyl (C=O) groups excluding carboxylic acids is 1. The van der Waals surface area contributed by atoms with Crippen molar-refractivity contribution >= 4 is 11.9 Å². The highest BCUT2D eigenvalue weighted by Gasteiger charge is 2.19. The molecule has 0 spiro atoms. The van der Waals surface area contributed by atoms with Gasteiger partial charge < -0.3 is 0 Å². The Labute approximate surface area is 102 Å². The maximum Gasteiger partial charge on any atom is 0.173 e. The summed E-state index contributed by atoms with van der Waals surface area (Å²) in [5, 5.41) is 13.0. The number of rotatable bonds is 3. The van der Waals surface area contributed by atoms with Crippen LogP contribution in [0.5, 0.6) is 0 Å². The second-order valence-electron chi connectivity index (χ2n) is 5.28. The summed E-state index contributed by atoms with van der Waals surface area (Å²) in [5.74, 6) is -0.121. The molecule has 0 bridgehead atoms. The van der Waals surface area contributed by atoms with Gasteiger partial charge in [-0.1, -0.05) is 20.8 Å². The van der Waals surface area contributed by atoms with Gasteiger partial charge in [0.2, 0.25) is 0 Å². The molecule has 17 heavy (non-hydrogen) atoms. The molecule has 0 atom stereocenters. The molecule has 0 N–H and O–H groups in total. The van der Waals surface area contributed by atoms with Gasteiger partial charge in [-0.3, -0.25) is 9.48 Å². The van der Waals surface area contributed by atoms with Gasteiger partial charge in [0, 0.05) is 25.2 Å². The molecule has 0 saturated carbocycles. The fraction of sp³-hybridized carbons (Fsp3) is 0.462. The zero-order valence-electron chi connectivity index (χ0n) is 10.7. The highest BCUT2D eigenvalue weighted by molar-refractivity contribution is 6.03. The summed E-state index contributed by atoms with van der Waals surface area (Å²) in [5.41, 5.74) is 0.848. The summed E-state index contributed by atoms with van der Waals surface area (Å²) in [6.45, 7) is 5.93. The van der Waals surface area contributed by atoms with Crippen LogP contribution in [0.1, 0.15) is 32.8 Å². The molecule has 1 aromatic rings. The van der Waals surface area contributed by atoms with Crippen molar-refractivity contribution in [1.82, 2.24) is 9.78 Å². The Hall–Kier alpha value is -1.89. The lowest BCUT2D eigenvalue weighted by Gasteiger charge is -2.16. The third-order valence-corrected chi connectivity index (χ3v) is 2.15. The molecule has 1 heterocycles. The number of carbonyl (C=O) groups is 1. The second-order valence-corrected chi connectivity index (χ2v) is 5.28. The standard InChI is InChI=1S/C13H17N3O/c1-13(2,3)6-12(17)11(7-14)5-10-8-15-16(4)9-10/h5,8-9H,6H2,1-4H3. The topological polar surface area (TPSA) is 58.7 Å². The summed E-state index contributed by atoms with van der Waals surface area (Å²) < 4.78 is 1.63. The number of aryl methyl sites for hydroxylation is 1. The van der Waals surface area contributed by atoms with E-state index in [2.05, 4.69) is 5.10 Å². The minimum absolute atomic E-state index is 0.109. The van der Waals surface area contributed by atoms with Crippen molar-refractivity contribution in [3.8, 4) is 6.07 Å². The quantitative estimate of drug-likeness (QED) is 0.592. The fourth-order valence-corrected chi connectivity index (χ4v) is 1.43. The van der Waals surface area contributed by atoms with Crippen LogP contribution in [0.25, 0.3) is 6.08 Å². The summed E-state index contributed by atoms with van der Waals surface area (Å²) >= 11 is 0. The molecule has 90 valence electrons. The van der Waals surface area contributed by atoms with Crippen LogP contribution >= 0.6 is 0 Å². The van der Waals surface area contributed by atoms with Crippen molar-refractivity contribution < 1.29 is 4.79 Å². The van der Waals surface area contributed by atoms with Gasteiger partial charge in [0.05, 0.1) is 11.8 Å². The van der Waals surface area contributed by atoms with Crippen LogP contribution in [0, 0.1) is 16.7 Å². The highest BCUT2D eigenvalue weighted by atomic mass is 16.1. The molecule has 0 radical (unpaired) electrons. The Morgan fingerprint density at radius 2 is 2.24 bits per heavy atom. The van der Waals surface area contributed by atoms with E-state index >= 15 is 0 Å². The molecule has 0 fully saturated rings. The molecule has 0 amide bonds. The molecule has 0 aliphatic heterocycles. The van der Waals surface area contributed by atoms with E-state index in [9.17, 15) is 4.79 Å². The number of allylic oxidation sites excluding steroid dienone is 1. The predicted molar refractivity (Wildman–Crippen MR) is 65.9 cm³/mol. The van der Waals surface area contributed by atoms with Gasteiger partial charge in [-0.25, -0.2) is 0 Å². The second kappa shape index (κ2) is 4.96. The number of nitrogens with zero attached hydrogens (tertiary/aromatic N) is 3. The number of aromatic nitrogens is 2. The van der Waals surface area contributed by atoms with Gasteiger partial charge in [0.25, 0.3) is 0 Å². The van der Waals surface area contributed by atoms with E-state index in [0.717, 1.165) is 5.56 Å². The van der Waals surface area contributed by atoms with Crippen LogP contribution in [-0.2, 0) is 11.8 Å². The van der Waals surface area contributed by atoms with E-state index in [1.807, 2.05) is 26.8 Å². The zero-order valence-corrected chi connectivity index (χ0v) is 10.7. The van der Waals surface area contributed by atoms with E-state index in [-0.39, 0.29) is 16.8 Å². The first-order valence-corrected chi connectivity index (χ1v) is 5.45. The van der Waals surface area contributed by atoms with E-state index in [1.165, 1.54) is 0 Å². The maximum atomic E-state index is 11.9. The van der Waals surface area contributed by atoms with Crippen molar-refractivity contribution in [3.63, 3.8) is 0 Å². The Bertz CT molecular complexity index is 483. The van der Waals surface area contributed by atoms with Crippen molar-refractivity contribution in [1.29, 1.82) is 5.26 Å². The Morgan fingerprint density at radius 3 is 2.65 bits per heavy atom. The Balaban J connectivity index is 2.90. The molecule has 0 aromatic carbocycles. The lowest BCUT2D eigenvalue weighted by molar-refractivity contribution is -0.116. The average molecular weight is 231 g/mol. The molecule has 4 nitrogen and oxygen atoms in total. The van der Waals surface area contributed by atoms with Gasteiger partial charge in [-0.15, -0.1) is 0 Å². The summed E-state index contributed by atoms with van der Waals surface area (Å²) in [7, 11) is 1.79. The molecule has 1 rings (SSSR count). The normalized spacial score (nSPS) is 12.3. The average Bonchev–Trinajstić information content (AvgIpc) is 2.57. The molecule has 0 aliphatic carbocycles. The largest absolute Gasteiger partial charge is 0.293 e. The molecule has 1 aromatic heterocycles. The minimum atomic E-state index is -0.121. The van der Waals surface area contributed by atoms with Crippen LogP contribution in [0.2, 0.25) is 0 Å². The monoisotopic (exact) mass is 231 g/mol. The summed E-state index contributed by atoms with van der Waals surface area (Å²) in [6, 6.07) is 1.96. The number of hydrogen-bond acceptors (Lipinski definition) is 3. The summed E-state index contributed by atoms with van der Waals surface area (Å²) in [6.07, 6.45) is 5.34. The number of hydrogen-bond donors (Lipinski definition) is 0. The van der Waals surface area contributed by atoms with E-state index in [0.29, 0.717) is 6.42 Å². The molecule has 0 saturated heterocycles. The first-order chi connectivity index (χ1) is 7.81. The predicted octanol–water partition coefficient (Wildman–Crippen LogP) is 2.33. The molecule has 0 unspecified atom stereocenters. The molecule has 0 aliphatic rings. The first kappa shape index (κ1) is 13.2. The molecular weight excluding hydrogens is 214 g/mol. The molecular formula is C13H17N3O. The SMILES string of the molecule is Cn1cc(C=C(C#N)C(=O)CC(C)(C)C)cn1. The minimum Gasteiger partial charge on any atom is -0.293 e. The van der Waals surface area contributed by atoms with E-state index < -0.39 is 0 Å². The van der Waals surface area contributed by atoms with Crippen molar-refractivity contribution in [3.05, 3.63) is 23.5 Å². The van der Waals surface area contributed by atoms with Crippen molar-refractivity contribution in [2.75, 3.05) is 0 Å². The Morgan fingerprint density at radius 1 is 1.59 bits per heavy atom. The van der Waals surface area contributed by atoms with Gasteiger partial charge in [-0.2, -0.15) is 10.4 Å². The van der Waals surface area contributed by atoms with Gasteiger partial charge in [-0.05, 0) is 11.5 Å². The third kappa shape index (κ3) is 4.23. The number of nitriles is 1. The van der Waals surface area contributed by atoms with Crippen LogP contribution in [-0.4, -0.2) is 15.6 Å². The van der Waals surface area contributed by atoms with Crippen LogP contribution in [0.3, 0.4) is 0 Å². The van der Waals surface area contributed by atoms with Crippen molar-refractivity contribution in [2.45, 2.75) is 27.2 Å².